The molecule has 2 aromatic rings. The second kappa shape index (κ2) is 6.21. The third-order valence-corrected chi connectivity index (χ3v) is 4.80. The number of Topliss-reactive ketones (excluding diaryl/α,β-unsaturated/α-hetero) is 1. The van der Waals surface area contributed by atoms with Gasteiger partial charge in [-0.1, -0.05) is 53.5 Å². The first-order valence-electron chi connectivity index (χ1n) is 7.22. The molecule has 0 heterocycles. The van der Waals surface area contributed by atoms with Gasteiger partial charge >= 0.3 is 0 Å². The van der Waals surface area contributed by atoms with Crippen molar-refractivity contribution in [2.24, 2.45) is 0 Å². The number of hydrogen-bond donors (Lipinski definition) is 0. The summed E-state index contributed by atoms with van der Waals surface area (Å²) in [4.78, 5) is 12.6. The number of benzene rings is 2. The third-order valence-electron chi connectivity index (χ3n) is 4.17. The Hall–Kier alpha value is -1.31. The summed E-state index contributed by atoms with van der Waals surface area (Å²) < 4.78 is 0. The van der Waals surface area contributed by atoms with Crippen molar-refractivity contribution in [1.82, 2.24) is 0 Å². The fourth-order valence-corrected chi connectivity index (χ4v) is 3.76. The van der Waals surface area contributed by atoms with E-state index in [1.54, 1.807) is 18.2 Å². The van der Waals surface area contributed by atoms with Gasteiger partial charge in [0.05, 0.1) is 15.6 Å². The molecule has 0 N–H and O–H groups in total. The second-order valence-electron chi connectivity index (χ2n) is 5.51. The largest absolute Gasteiger partial charge is 0.294 e. The standard InChI is InChI=1S/C18H16Cl2O/c19-15-9-4-10-16(20)18(15)17(21)11-13-7-3-6-12-5-1-2-8-14(12)13/h1-2,4-5,8-10,13H,3,6-7,11H2. The summed E-state index contributed by atoms with van der Waals surface area (Å²) in [6.45, 7) is 0. The van der Waals surface area contributed by atoms with E-state index < -0.39 is 0 Å². The first kappa shape index (κ1) is 14.6. The maximum atomic E-state index is 12.6. The van der Waals surface area contributed by atoms with Crippen molar-refractivity contribution in [3.8, 4) is 0 Å². The maximum Gasteiger partial charge on any atom is 0.166 e. The minimum atomic E-state index is 0.0345. The predicted octanol–water partition coefficient (Wildman–Crippen LogP) is 5.69. The lowest BCUT2D eigenvalue weighted by molar-refractivity contribution is 0.0971. The molecule has 1 aliphatic carbocycles. The molecule has 0 amide bonds. The minimum Gasteiger partial charge on any atom is -0.294 e. The van der Waals surface area contributed by atoms with Gasteiger partial charge in [0.2, 0.25) is 0 Å². The number of carbonyl (C=O) groups excluding carboxylic acids is 1. The highest BCUT2D eigenvalue weighted by molar-refractivity contribution is 6.39. The average molecular weight is 319 g/mol. The highest BCUT2D eigenvalue weighted by atomic mass is 35.5. The monoisotopic (exact) mass is 318 g/mol. The van der Waals surface area contributed by atoms with Crippen LogP contribution in [0.4, 0.5) is 0 Å². The van der Waals surface area contributed by atoms with Crippen molar-refractivity contribution in [3.05, 3.63) is 69.2 Å². The lowest BCUT2D eigenvalue weighted by Gasteiger charge is -2.25. The quantitative estimate of drug-likeness (QED) is 0.665. The number of carbonyl (C=O) groups is 1. The molecule has 0 saturated heterocycles. The summed E-state index contributed by atoms with van der Waals surface area (Å²) in [5.74, 6) is 0.307. The van der Waals surface area contributed by atoms with Crippen LogP contribution >= 0.6 is 23.2 Å². The zero-order chi connectivity index (χ0) is 14.8. The van der Waals surface area contributed by atoms with Crippen LogP contribution in [0.3, 0.4) is 0 Å². The SMILES string of the molecule is O=C(CC1CCCc2ccccc21)c1c(Cl)cccc1Cl. The Bertz CT molecular complexity index is 658. The van der Waals surface area contributed by atoms with Crippen molar-refractivity contribution < 1.29 is 4.79 Å². The molecule has 3 heteroatoms. The van der Waals surface area contributed by atoms with E-state index in [-0.39, 0.29) is 11.7 Å². The molecule has 21 heavy (non-hydrogen) atoms. The number of ketones is 1. The summed E-state index contributed by atoms with van der Waals surface area (Å²) in [5, 5.41) is 0.883. The van der Waals surface area contributed by atoms with Gasteiger partial charge in [-0.25, -0.2) is 0 Å². The fraction of sp³-hybridized carbons (Fsp3) is 0.278. The minimum absolute atomic E-state index is 0.0345. The Labute approximate surface area is 134 Å². The fourth-order valence-electron chi connectivity index (χ4n) is 3.16. The van der Waals surface area contributed by atoms with Gasteiger partial charge in [-0.05, 0) is 48.4 Å². The molecule has 1 nitrogen and oxygen atoms in total. The number of hydrogen-bond acceptors (Lipinski definition) is 1. The maximum absolute atomic E-state index is 12.6. The molecular formula is C18H16Cl2O. The molecule has 0 spiro atoms. The van der Waals surface area contributed by atoms with E-state index in [0.29, 0.717) is 22.0 Å². The van der Waals surface area contributed by atoms with E-state index in [2.05, 4.69) is 18.2 Å². The molecule has 1 unspecified atom stereocenters. The molecule has 1 aliphatic rings. The van der Waals surface area contributed by atoms with Gasteiger partial charge in [-0.15, -0.1) is 0 Å². The van der Waals surface area contributed by atoms with E-state index in [1.807, 2.05) is 6.07 Å². The van der Waals surface area contributed by atoms with Gasteiger partial charge in [0.1, 0.15) is 0 Å². The Morgan fingerprint density at radius 3 is 2.52 bits per heavy atom. The van der Waals surface area contributed by atoms with E-state index in [1.165, 1.54) is 11.1 Å². The first-order chi connectivity index (χ1) is 10.2. The Balaban J connectivity index is 1.86. The molecule has 0 aliphatic heterocycles. The van der Waals surface area contributed by atoms with Crippen LogP contribution in [0.5, 0.6) is 0 Å². The van der Waals surface area contributed by atoms with E-state index in [9.17, 15) is 4.79 Å². The predicted molar refractivity (Wildman–Crippen MR) is 87.5 cm³/mol. The molecule has 2 aromatic carbocycles. The molecule has 3 rings (SSSR count). The van der Waals surface area contributed by atoms with Crippen molar-refractivity contribution in [2.45, 2.75) is 31.6 Å². The molecule has 0 radical (unpaired) electrons. The van der Waals surface area contributed by atoms with E-state index in [4.69, 9.17) is 23.2 Å². The molecule has 0 aromatic heterocycles. The molecular weight excluding hydrogens is 303 g/mol. The van der Waals surface area contributed by atoms with Crippen LogP contribution in [-0.2, 0) is 6.42 Å². The first-order valence-corrected chi connectivity index (χ1v) is 7.97. The van der Waals surface area contributed by atoms with Gasteiger partial charge in [-0.2, -0.15) is 0 Å². The van der Waals surface area contributed by atoms with Crippen LogP contribution < -0.4 is 0 Å². The summed E-state index contributed by atoms with van der Waals surface area (Å²) in [7, 11) is 0. The zero-order valence-corrected chi connectivity index (χ0v) is 13.1. The van der Waals surface area contributed by atoms with Crippen molar-refractivity contribution in [3.63, 3.8) is 0 Å². The Kier molecular flexibility index (Phi) is 4.32. The average Bonchev–Trinajstić information content (AvgIpc) is 2.47. The Morgan fingerprint density at radius 2 is 1.76 bits per heavy atom. The van der Waals surface area contributed by atoms with Crippen LogP contribution in [0, 0.1) is 0 Å². The topological polar surface area (TPSA) is 17.1 Å². The van der Waals surface area contributed by atoms with Gasteiger partial charge in [0.25, 0.3) is 0 Å². The lowest BCUT2D eigenvalue weighted by atomic mass is 9.79. The van der Waals surface area contributed by atoms with Crippen molar-refractivity contribution in [1.29, 1.82) is 0 Å². The van der Waals surface area contributed by atoms with Crippen molar-refractivity contribution >= 4 is 29.0 Å². The number of aryl methyl sites for hydroxylation is 1. The molecule has 0 bridgehead atoms. The Morgan fingerprint density at radius 1 is 1.05 bits per heavy atom. The number of halogens is 2. The molecule has 108 valence electrons. The number of fused-ring (bicyclic) bond motifs is 1. The van der Waals surface area contributed by atoms with Crippen LogP contribution in [-0.4, -0.2) is 5.78 Å². The van der Waals surface area contributed by atoms with Crippen LogP contribution in [0.15, 0.2) is 42.5 Å². The lowest BCUT2D eigenvalue weighted by Crippen LogP contribution is -2.14. The van der Waals surface area contributed by atoms with Crippen LogP contribution in [0.1, 0.15) is 46.7 Å². The smallest absolute Gasteiger partial charge is 0.166 e. The van der Waals surface area contributed by atoms with Gasteiger partial charge < -0.3 is 0 Å². The van der Waals surface area contributed by atoms with Gasteiger partial charge in [-0.3, -0.25) is 4.79 Å². The molecule has 0 saturated carbocycles. The van der Waals surface area contributed by atoms with Crippen molar-refractivity contribution in [2.75, 3.05) is 0 Å². The third kappa shape index (κ3) is 3.00. The summed E-state index contributed by atoms with van der Waals surface area (Å²) in [5.41, 5.74) is 3.14. The summed E-state index contributed by atoms with van der Waals surface area (Å²) in [6.07, 6.45) is 3.75. The molecule has 0 fully saturated rings. The zero-order valence-electron chi connectivity index (χ0n) is 11.6. The number of rotatable bonds is 3. The molecule has 1 atom stereocenters. The van der Waals surface area contributed by atoms with Crippen LogP contribution in [0.2, 0.25) is 10.0 Å². The summed E-state index contributed by atoms with van der Waals surface area (Å²) in [6, 6.07) is 13.6. The summed E-state index contributed by atoms with van der Waals surface area (Å²) >= 11 is 12.3. The van der Waals surface area contributed by atoms with Gasteiger partial charge in [0, 0.05) is 6.42 Å². The van der Waals surface area contributed by atoms with E-state index >= 15 is 0 Å². The normalized spacial score (nSPS) is 17.3. The van der Waals surface area contributed by atoms with Gasteiger partial charge in [0.15, 0.2) is 5.78 Å². The highest BCUT2D eigenvalue weighted by Gasteiger charge is 2.24. The van der Waals surface area contributed by atoms with E-state index in [0.717, 1.165) is 19.3 Å². The second-order valence-corrected chi connectivity index (χ2v) is 6.33. The highest BCUT2D eigenvalue weighted by Crippen LogP contribution is 2.36. The van der Waals surface area contributed by atoms with Crippen LogP contribution in [0.25, 0.3) is 0 Å².